The molecule has 1 N–H and O–H groups in total. The molecule has 0 bridgehead atoms. The van der Waals surface area contributed by atoms with Crippen molar-refractivity contribution in [2.45, 2.75) is 52.6 Å². The van der Waals surface area contributed by atoms with Crippen molar-refractivity contribution in [3.8, 4) is 0 Å². The molecule has 0 saturated carbocycles. The van der Waals surface area contributed by atoms with Crippen LogP contribution >= 0.6 is 0 Å². The van der Waals surface area contributed by atoms with Gasteiger partial charge in [0.05, 0.1) is 0 Å². The van der Waals surface area contributed by atoms with Crippen molar-refractivity contribution >= 4 is 0 Å². The van der Waals surface area contributed by atoms with Crippen molar-refractivity contribution in [3.05, 3.63) is 0 Å². The molecule has 0 aromatic carbocycles. The van der Waals surface area contributed by atoms with Gasteiger partial charge in [-0.05, 0) is 46.3 Å². The predicted octanol–water partition coefficient (Wildman–Crippen LogP) is 2.35. The minimum absolute atomic E-state index is 0.660. The third-order valence-corrected chi connectivity index (χ3v) is 3.51. The van der Waals surface area contributed by atoms with Crippen LogP contribution < -0.4 is 5.32 Å². The van der Waals surface area contributed by atoms with E-state index in [4.69, 9.17) is 0 Å². The minimum atomic E-state index is 0.660. The molecule has 0 rings (SSSR count). The summed E-state index contributed by atoms with van der Waals surface area (Å²) in [7, 11) is 4.29. The van der Waals surface area contributed by atoms with Gasteiger partial charge in [0.1, 0.15) is 0 Å². The van der Waals surface area contributed by atoms with E-state index in [-0.39, 0.29) is 0 Å². The van der Waals surface area contributed by atoms with Crippen LogP contribution in [0.2, 0.25) is 0 Å². The Labute approximate surface area is 90.1 Å². The van der Waals surface area contributed by atoms with Crippen LogP contribution in [-0.2, 0) is 0 Å². The summed E-state index contributed by atoms with van der Waals surface area (Å²) in [5.41, 5.74) is 0. The van der Waals surface area contributed by atoms with Crippen molar-refractivity contribution in [1.82, 2.24) is 10.2 Å². The van der Waals surface area contributed by atoms with E-state index < -0.39 is 0 Å². The highest BCUT2D eigenvalue weighted by molar-refractivity contribution is 4.76. The van der Waals surface area contributed by atoms with Gasteiger partial charge in [-0.25, -0.2) is 0 Å². The Morgan fingerprint density at radius 3 is 2.00 bits per heavy atom. The Morgan fingerprint density at radius 2 is 1.64 bits per heavy atom. The van der Waals surface area contributed by atoms with Gasteiger partial charge in [0.25, 0.3) is 0 Å². The first kappa shape index (κ1) is 13.9. The molecule has 0 amide bonds. The second-order valence-electron chi connectivity index (χ2n) is 4.41. The standard InChI is InChI=1S/C12H28N2/c1-7-12(8-2)14(6)11(4)10(3)9-13-5/h10-13H,7-9H2,1-6H3. The van der Waals surface area contributed by atoms with Gasteiger partial charge in [-0.15, -0.1) is 0 Å². The molecule has 2 unspecified atom stereocenters. The molecular formula is C12H28N2. The summed E-state index contributed by atoms with van der Waals surface area (Å²) in [4.78, 5) is 2.53. The van der Waals surface area contributed by atoms with Crippen molar-refractivity contribution in [1.29, 1.82) is 0 Å². The Kier molecular flexibility index (Phi) is 7.20. The van der Waals surface area contributed by atoms with Crippen molar-refractivity contribution in [2.24, 2.45) is 5.92 Å². The van der Waals surface area contributed by atoms with E-state index in [1.807, 2.05) is 7.05 Å². The zero-order valence-corrected chi connectivity index (χ0v) is 10.8. The van der Waals surface area contributed by atoms with Crippen LogP contribution in [0.5, 0.6) is 0 Å². The van der Waals surface area contributed by atoms with Crippen LogP contribution in [0.25, 0.3) is 0 Å². The molecule has 0 aromatic heterocycles. The number of nitrogens with one attached hydrogen (secondary N) is 1. The topological polar surface area (TPSA) is 15.3 Å². The van der Waals surface area contributed by atoms with Crippen LogP contribution in [-0.4, -0.2) is 37.6 Å². The molecule has 2 atom stereocenters. The van der Waals surface area contributed by atoms with Crippen molar-refractivity contribution in [2.75, 3.05) is 20.6 Å². The van der Waals surface area contributed by atoms with Crippen LogP contribution in [0.1, 0.15) is 40.5 Å². The van der Waals surface area contributed by atoms with E-state index in [1.54, 1.807) is 0 Å². The maximum atomic E-state index is 3.25. The van der Waals surface area contributed by atoms with Crippen LogP contribution in [0.15, 0.2) is 0 Å². The molecule has 2 heteroatoms. The van der Waals surface area contributed by atoms with Gasteiger partial charge in [0.2, 0.25) is 0 Å². The largest absolute Gasteiger partial charge is 0.319 e. The summed E-state index contributed by atoms with van der Waals surface area (Å²) in [5, 5.41) is 3.25. The normalized spacial score (nSPS) is 16.3. The first-order valence-corrected chi connectivity index (χ1v) is 5.94. The average molecular weight is 200 g/mol. The molecule has 0 fully saturated rings. The van der Waals surface area contributed by atoms with E-state index in [0.717, 1.165) is 12.6 Å². The Balaban J connectivity index is 4.13. The van der Waals surface area contributed by atoms with E-state index in [0.29, 0.717) is 12.0 Å². The summed E-state index contributed by atoms with van der Waals surface area (Å²) in [5.74, 6) is 0.714. The van der Waals surface area contributed by atoms with Gasteiger partial charge in [-0.1, -0.05) is 20.8 Å². The van der Waals surface area contributed by atoms with E-state index >= 15 is 0 Å². The summed E-state index contributed by atoms with van der Waals surface area (Å²) in [6.45, 7) is 10.3. The average Bonchev–Trinajstić information content (AvgIpc) is 2.18. The van der Waals surface area contributed by atoms with Crippen LogP contribution in [0.3, 0.4) is 0 Å². The second-order valence-corrected chi connectivity index (χ2v) is 4.41. The predicted molar refractivity (Wildman–Crippen MR) is 64.7 cm³/mol. The quantitative estimate of drug-likeness (QED) is 0.678. The summed E-state index contributed by atoms with van der Waals surface area (Å²) < 4.78 is 0. The molecular weight excluding hydrogens is 172 g/mol. The van der Waals surface area contributed by atoms with Gasteiger partial charge in [0, 0.05) is 12.1 Å². The molecule has 0 radical (unpaired) electrons. The molecule has 0 saturated heterocycles. The fourth-order valence-corrected chi connectivity index (χ4v) is 2.09. The fourth-order valence-electron chi connectivity index (χ4n) is 2.09. The second kappa shape index (κ2) is 7.24. The van der Waals surface area contributed by atoms with E-state index in [2.05, 4.69) is 45.0 Å². The molecule has 2 nitrogen and oxygen atoms in total. The van der Waals surface area contributed by atoms with E-state index in [1.165, 1.54) is 12.8 Å². The molecule has 0 aliphatic carbocycles. The van der Waals surface area contributed by atoms with Crippen molar-refractivity contribution < 1.29 is 0 Å². The highest BCUT2D eigenvalue weighted by Gasteiger charge is 2.20. The molecule has 14 heavy (non-hydrogen) atoms. The monoisotopic (exact) mass is 200 g/mol. The van der Waals surface area contributed by atoms with Crippen LogP contribution in [0.4, 0.5) is 0 Å². The Hall–Kier alpha value is -0.0800. The lowest BCUT2D eigenvalue weighted by molar-refractivity contribution is 0.134. The maximum absolute atomic E-state index is 3.25. The molecule has 0 aliphatic heterocycles. The highest BCUT2D eigenvalue weighted by Crippen LogP contribution is 2.15. The molecule has 0 spiro atoms. The zero-order chi connectivity index (χ0) is 11.1. The third-order valence-electron chi connectivity index (χ3n) is 3.51. The molecule has 0 aromatic rings. The van der Waals surface area contributed by atoms with Gasteiger partial charge >= 0.3 is 0 Å². The third kappa shape index (κ3) is 3.97. The van der Waals surface area contributed by atoms with E-state index in [9.17, 15) is 0 Å². The lowest BCUT2D eigenvalue weighted by atomic mass is 9.99. The number of nitrogens with zero attached hydrogens (tertiary/aromatic N) is 1. The van der Waals surface area contributed by atoms with Crippen molar-refractivity contribution in [3.63, 3.8) is 0 Å². The van der Waals surface area contributed by atoms with Gasteiger partial charge in [-0.2, -0.15) is 0 Å². The lowest BCUT2D eigenvalue weighted by Crippen LogP contribution is -2.43. The molecule has 0 heterocycles. The highest BCUT2D eigenvalue weighted by atomic mass is 15.2. The number of hydrogen-bond acceptors (Lipinski definition) is 2. The fraction of sp³-hybridized carbons (Fsp3) is 1.00. The molecule has 0 aliphatic rings. The summed E-state index contributed by atoms with van der Waals surface area (Å²) in [6, 6.07) is 1.40. The number of hydrogen-bond donors (Lipinski definition) is 1. The first-order valence-electron chi connectivity index (χ1n) is 5.94. The Morgan fingerprint density at radius 1 is 1.14 bits per heavy atom. The number of rotatable bonds is 7. The smallest absolute Gasteiger partial charge is 0.0104 e. The zero-order valence-electron chi connectivity index (χ0n) is 10.8. The van der Waals surface area contributed by atoms with Gasteiger partial charge in [-0.3, -0.25) is 0 Å². The summed E-state index contributed by atoms with van der Waals surface area (Å²) in [6.07, 6.45) is 2.51. The minimum Gasteiger partial charge on any atom is -0.319 e. The molecule has 86 valence electrons. The lowest BCUT2D eigenvalue weighted by Gasteiger charge is -2.35. The first-order chi connectivity index (χ1) is 6.58. The Bertz CT molecular complexity index is 132. The van der Waals surface area contributed by atoms with Gasteiger partial charge < -0.3 is 10.2 Å². The van der Waals surface area contributed by atoms with Gasteiger partial charge in [0.15, 0.2) is 0 Å². The summed E-state index contributed by atoms with van der Waals surface area (Å²) >= 11 is 0. The van der Waals surface area contributed by atoms with Crippen LogP contribution in [0, 0.1) is 5.92 Å². The maximum Gasteiger partial charge on any atom is 0.0104 e. The SMILES string of the molecule is CCC(CC)N(C)C(C)C(C)CNC.